The SMILES string of the molecule is C=CCOC(=O)N(c1ccc(C(=O)O)cc1)C(C)(C)C. The van der Waals surface area contributed by atoms with Crippen LogP contribution in [0.25, 0.3) is 0 Å². The number of carboxylic acid groups (broad SMARTS) is 1. The summed E-state index contributed by atoms with van der Waals surface area (Å²) in [6.45, 7) is 9.23. The second-order valence-corrected chi connectivity index (χ2v) is 5.22. The molecule has 1 rings (SSSR count). The molecule has 1 aromatic carbocycles. The van der Waals surface area contributed by atoms with Crippen LogP contribution in [0.4, 0.5) is 10.5 Å². The lowest BCUT2D eigenvalue weighted by atomic mass is 10.0. The van der Waals surface area contributed by atoms with E-state index in [4.69, 9.17) is 9.84 Å². The highest BCUT2D eigenvalue weighted by Crippen LogP contribution is 2.25. The van der Waals surface area contributed by atoms with Gasteiger partial charge in [0.2, 0.25) is 0 Å². The van der Waals surface area contributed by atoms with Crippen LogP contribution >= 0.6 is 0 Å². The van der Waals surface area contributed by atoms with Crippen molar-refractivity contribution in [3.63, 3.8) is 0 Å². The van der Waals surface area contributed by atoms with Crippen molar-refractivity contribution in [3.05, 3.63) is 42.5 Å². The van der Waals surface area contributed by atoms with Gasteiger partial charge in [0.25, 0.3) is 0 Å². The van der Waals surface area contributed by atoms with Crippen molar-refractivity contribution in [2.75, 3.05) is 11.5 Å². The van der Waals surface area contributed by atoms with Gasteiger partial charge in [0.05, 0.1) is 5.56 Å². The van der Waals surface area contributed by atoms with E-state index in [2.05, 4.69) is 6.58 Å². The number of carboxylic acids is 1. The summed E-state index contributed by atoms with van der Waals surface area (Å²) in [5.41, 5.74) is 0.252. The molecular weight excluding hydrogens is 258 g/mol. The van der Waals surface area contributed by atoms with Gasteiger partial charge in [0.1, 0.15) is 6.61 Å². The highest BCUT2D eigenvalue weighted by atomic mass is 16.6. The Morgan fingerprint density at radius 2 is 1.85 bits per heavy atom. The number of nitrogens with zero attached hydrogens (tertiary/aromatic N) is 1. The Kier molecular flexibility index (Phi) is 4.91. The first kappa shape index (κ1) is 15.8. The first-order valence-electron chi connectivity index (χ1n) is 6.18. The maximum absolute atomic E-state index is 12.1. The number of anilines is 1. The zero-order chi connectivity index (χ0) is 15.3. The van der Waals surface area contributed by atoms with E-state index in [-0.39, 0.29) is 12.2 Å². The number of amides is 1. The number of ether oxygens (including phenoxy) is 1. The molecule has 0 aliphatic heterocycles. The minimum atomic E-state index is -1.01. The summed E-state index contributed by atoms with van der Waals surface area (Å²) in [6, 6.07) is 6.09. The fourth-order valence-corrected chi connectivity index (χ4v) is 1.71. The summed E-state index contributed by atoms with van der Waals surface area (Å²) in [4.78, 5) is 24.4. The average Bonchev–Trinajstić information content (AvgIpc) is 2.35. The molecular formula is C15H19NO4. The first-order valence-corrected chi connectivity index (χ1v) is 6.18. The molecule has 0 atom stereocenters. The Morgan fingerprint density at radius 3 is 2.25 bits per heavy atom. The van der Waals surface area contributed by atoms with Crippen LogP contribution in [0.5, 0.6) is 0 Å². The first-order chi connectivity index (χ1) is 9.27. The van der Waals surface area contributed by atoms with E-state index < -0.39 is 17.6 Å². The van der Waals surface area contributed by atoms with E-state index in [0.29, 0.717) is 5.69 Å². The van der Waals surface area contributed by atoms with Crippen LogP contribution in [0.1, 0.15) is 31.1 Å². The standard InChI is InChI=1S/C15H19NO4/c1-5-10-20-14(19)16(15(2,3)4)12-8-6-11(7-9-12)13(17)18/h5-9H,1,10H2,2-4H3,(H,17,18). The molecule has 0 saturated carbocycles. The van der Waals surface area contributed by atoms with E-state index >= 15 is 0 Å². The number of benzene rings is 1. The third-order valence-corrected chi connectivity index (χ3v) is 2.55. The third kappa shape index (κ3) is 3.85. The second kappa shape index (κ2) is 6.23. The summed E-state index contributed by atoms with van der Waals surface area (Å²) >= 11 is 0. The fourth-order valence-electron chi connectivity index (χ4n) is 1.71. The number of rotatable bonds is 4. The normalized spacial score (nSPS) is 10.8. The van der Waals surface area contributed by atoms with E-state index in [1.807, 2.05) is 20.8 Å². The van der Waals surface area contributed by atoms with Crippen LogP contribution in [0.15, 0.2) is 36.9 Å². The third-order valence-electron chi connectivity index (χ3n) is 2.55. The Bertz CT molecular complexity index is 500. The van der Waals surface area contributed by atoms with Gasteiger partial charge in [-0.2, -0.15) is 0 Å². The molecule has 0 aliphatic rings. The van der Waals surface area contributed by atoms with Gasteiger partial charge in [0.15, 0.2) is 0 Å². The lowest BCUT2D eigenvalue weighted by Crippen LogP contribution is -2.46. The zero-order valence-electron chi connectivity index (χ0n) is 11.9. The number of hydrogen-bond acceptors (Lipinski definition) is 3. The molecule has 1 N–H and O–H groups in total. The van der Waals surface area contributed by atoms with Crippen LogP contribution in [0.2, 0.25) is 0 Å². The van der Waals surface area contributed by atoms with Gasteiger partial charge in [-0.1, -0.05) is 12.7 Å². The predicted molar refractivity (Wildman–Crippen MR) is 77.2 cm³/mol. The second-order valence-electron chi connectivity index (χ2n) is 5.22. The van der Waals surface area contributed by atoms with Crippen molar-refractivity contribution >= 4 is 17.7 Å². The lowest BCUT2D eigenvalue weighted by molar-refractivity contribution is 0.0697. The van der Waals surface area contributed by atoms with E-state index in [1.54, 1.807) is 12.1 Å². The molecule has 5 nitrogen and oxygen atoms in total. The Morgan fingerprint density at radius 1 is 1.30 bits per heavy atom. The summed E-state index contributed by atoms with van der Waals surface area (Å²) in [5.74, 6) is -1.01. The van der Waals surface area contributed by atoms with Gasteiger partial charge in [0, 0.05) is 11.2 Å². The smallest absolute Gasteiger partial charge is 0.415 e. The number of carbonyl (C=O) groups is 2. The molecule has 0 saturated heterocycles. The van der Waals surface area contributed by atoms with Crippen LogP contribution in [0, 0.1) is 0 Å². The van der Waals surface area contributed by atoms with Gasteiger partial charge in [-0.3, -0.25) is 4.90 Å². The Labute approximate surface area is 118 Å². The minimum Gasteiger partial charge on any atom is -0.478 e. The zero-order valence-corrected chi connectivity index (χ0v) is 11.9. The maximum atomic E-state index is 12.1. The summed E-state index contributed by atoms with van der Waals surface area (Å²) < 4.78 is 5.06. The molecule has 0 unspecified atom stereocenters. The van der Waals surface area contributed by atoms with Gasteiger partial charge in [-0.15, -0.1) is 0 Å². The molecule has 1 aromatic rings. The lowest BCUT2D eigenvalue weighted by Gasteiger charge is -2.34. The largest absolute Gasteiger partial charge is 0.478 e. The van der Waals surface area contributed by atoms with Crippen molar-refractivity contribution in [1.82, 2.24) is 0 Å². The molecule has 1 amide bonds. The molecule has 0 radical (unpaired) electrons. The highest BCUT2D eigenvalue weighted by molar-refractivity contribution is 5.91. The van der Waals surface area contributed by atoms with Crippen molar-refractivity contribution in [3.8, 4) is 0 Å². The Balaban J connectivity index is 3.08. The Hall–Kier alpha value is -2.30. The van der Waals surface area contributed by atoms with E-state index in [1.165, 1.54) is 23.1 Å². The maximum Gasteiger partial charge on any atom is 0.415 e. The number of hydrogen-bond donors (Lipinski definition) is 1. The van der Waals surface area contributed by atoms with Crippen LogP contribution < -0.4 is 4.90 Å². The van der Waals surface area contributed by atoms with Crippen LogP contribution in [-0.4, -0.2) is 29.3 Å². The predicted octanol–water partition coefficient (Wildman–Crippen LogP) is 3.31. The molecule has 108 valence electrons. The van der Waals surface area contributed by atoms with Crippen molar-refractivity contribution in [2.45, 2.75) is 26.3 Å². The quantitative estimate of drug-likeness (QED) is 0.857. The van der Waals surface area contributed by atoms with Gasteiger partial charge < -0.3 is 9.84 Å². The van der Waals surface area contributed by atoms with Crippen molar-refractivity contribution < 1.29 is 19.4 Å². The van der Waals surface area contributed by atoms with Gasteiger partial charge in [-0.05, 0) is 45.0 Å². The van der Waals surface area contributed by atoms with Crippen LogP contribution in [0.3, 0.4) is 0 Å². The van der Waals surface area contributed by atoms with Gasteiger partial charge >= 0.3 is 12.1 Å². The summed E-state index contributed by atoms with van der Waals surface area (Å²) in [5, 5.41) is 8.88. The monoisotopic (exact) mass is 277 g/mol. The summed E-state index contributed by atoms with van der Waals surface area (Å²) in [7, 11) is 0. The highest BCUT2D eigenvalue weighted by Gasteiger charge is 2.29. The molecule has 0 heterocycles. The average molecular weight is 277 g/mol. The molecule has 0 fully saturated rings. The number of carbonyl (C=O) groups excluding carboxylic acids is 1. The van der Waals surface area contributed by atoms with E-state index in [0.717, 1.165) is 0 Å². The molecule has 5 heteroatoms. The fraction of sp³-hybridized carbons (Fsp3) is 0.333. The van der Waals surface area contributed by atoms with E-state index in [9.17, 15) is 9.59 Å². The van der Waals surface area contributed by atoms with Crippen molar-refractivity contribution in [2.24, 2.45) is 0 Å². The molecule has 0 aliphatic carbocycles. The molecule has 0 aromatic heterocycles. The van der Waals surface area contributed by atoms with Gasteiger partial charge in [-0.25, -0.2) is 9.59 Å². The molecule has 20 heavy (non-hydrogen) atoms. The topological polar surface area (TPSA) is 66.8 Å². The molecule has 0 bridgehead atoms. The van der Waals surface area contributed by atoms with Crippen LogP contribution in [-0.2, 0) is 4.74 Å². The number of aromatic carboxylic acids is 1. The summed E-state index contributed by atoms with van der Waals surface area (Å²) in [6.07, 6.45) is 0.993. The minimum absolute atomic E-state index is 0.124. The van der Waals surface area contributed by atoms with Crippen molar-refractivity contribution in [1.29, 1.82) is 0 Å². The molecule has 0 spiro atoms.